The first-order valence-electron chi connectivity index (χ1n) is 4.60. The summed E-state index contributed by atoms with van der Waals surface area (Å²) in [6.45, 7) is -1.43. The molecule has 0 bridgehead atoms. The lowest BCUT2D eigenvalue weighted by Crippen LogP contribution is -2.46. The predicted molar refractivity (Wildman–Crippen MR) is 61.5 cm³/mol. The summed E-state index contributed by atoms with van der Waals surface area (Å²) in [4.78, 5) is 10.4. The summed E-state index contributed by atoms with van der Waals surface area (Å²) in [6.07, 6.45) is 0. The normalized spacial score (nSPS) is 12.2. The van der Waals surface area contributed by atoms with E-state index in [0.717, 1.165) is 12.1 Å². The molecule has 0 N–H and O–H groups in total. The predicted octanol–water partition coefficient (Wildman–Crippen LogP) is 0.855. The highest BCUT2D eigenvalue weighted by Gasteiger charge is 2.50. The van der Waals surface area contributed by atoms with E-state index in [4.69, 9.17) is 0 Å². The SMILES string of the molecule is O=C([O-])CN(c1ccc(Br)cc1)S(=O)(=O)C(F)(F)F. The summed E-state index contributed by atoms with van der Waals surface area (Å²) in [5, 5.41) is 10.4. The molecule has 1 aromatic carbocycles. The second kappa shape index (κ2) is 5.37. The minimum absolute atomic E-state index is 0.269. The molecule has 0 atom stereocenters. The molecule has 10 heteroatoms. The fourth-order valence-electron chi connectivity index (χ4n) is 1.16. The Labute approximate surface area is 114 Å². The van der Waals surface area contributed by atoms with E-state index in [-0.39, 0.29) is 4.31 Å². The van der Waals surface area contributed by atoms with Crippen molar-refractivity contribution in [1.29, 1.82) is 0 Å². The van der Waals surface area contributed by atoms with Crippen LogP contribution in [0, 0.1) is 0 Å². The van der Waals surface area contributed by atoms with Crippen LogP contribution in [0.2, 0.25) is 0 Å². The summed E-state index contributed by atoms with van der Waals surface area (Å²) < 4.78 is 60.1. The summed E-state index contributed by atoms with van der Waals surface area (Å²) in [7, 11) is -5.80. The van der Waals surface area contributed by atoms with E-state index in [1.165, 1.54) is 12.1 Å². The summed E-state index contributed by atoms with van der Waals surface area (Å²) in [5.41, 5.74) is -6.03. The number of sulfonamides is 1. The molecular weight excluding hydrogens is 355 g/mol. The molecule has 0 aromatic heterocycles. The molecule has 1 aromatic rings. The van der Waals surface area contributed by atoms with Crippen molar-refractivity contribution in [2.75, 3.05) is 10.8 Å². The van der Waals surface area contributed by atoms with Gasteiger partial charge in [-0.2, -0.15) is 21.6 Å². The minimum atomic E-state index is -5.80. The van der Waals surface area contributed by atoms with Gasteiger partial charge in [0.05, 0.1) is 18.2 Å². The first-order chi connectivity index (χ1) is 8.55. The zero-order valence-corrected chi connectivity index (χ0v) is 11.4. The molecule has 1 rings (SSSR count). The molecule has 5 nitrogen and oxygen atoms in total. The first kappa shape index (κ1) is 15.8. The van der Waals surface area contributed by atoms with Gasteiger partial charge >= 0.3 is 15.5 Å². The van der Waals surface area contributed by atoms with Crippen molar-refractivity contribution in [3.63, 3.8) is 0 Å². The van der Waals surface area contributed by atoms with Crippen LogP contribution in [0.5, 0.6) is 0 Å². The highest BCUT2D eigenvalue weighted by Crippen LogP contribution is 2.31. The van der Waals surface area contributed by atoms with Crippen LogP contribution in [0.25, 0.3) is 0 Å². The lowest BCUT2D eigenvalue weighted by molar-refractivity contribution is -0.303. The Morgan fingerprint density at radius 3 is 2.11 bits per heavy atom. The molecule has 0 aliphatic carbocycles. The number of benzene rings is 1. The van der Waals surface area contributed by atoms with Gasteiger partial charge in [0, 0.05) is 4.47 Å². The average Bonchev–Trinajstić information content (AvgIpc) is 2.25. The van der Waals surface area contributed by atoms with E-state index in [2.05, 4.69) is 15.9 Å². The van der Waals surface area contributed by atoms with Gasteiger partial charge in [-0.05, 0) is 24.3 Å². The van der Waals surface area contributed by atoms with E-state index in [0.29, 0.717) is 4.47 Å². The summed E-state index contributed by atoms with van der Waals surface area (Å²) in [5.74, 6) is -1.95. The highest BCUT2D eigenvalue weighted by atomic mass is 79.9. The van der Waals surface area contributed by atoms with Crippen LogP contribution in [0.1, 0.15) is 0 Å². The van der Waals surface area contributed by atoms with Gasteiger partial charge in [0.1, 0.15) is 0 Å². The Bertz CT molecular complexity index is 570. The number of aliphatic carboxylic acids is 1. The fraction of sp³-hybridized carbons (Fsp3) is 0.222. The van der Waals surface area contributed by atoms with Crippen molar-refractivity contribution in [3.8, 4) is 0 Å². The van der Waals surface area contributed by atoms with Crippen molar-refractivity contribution in [2.45, 2.75) is 5.51 Å². The Hall–Kier alpha value is -1.29. The third-order valence-corrected chi connectivity index (χ3v) is 4.00. The zero-order valence-electron chi connectivity index (χ0n) is 9.02. The smallest absolute Gasteiger partial charge is 0.516 e. The third kappa shape index (κ3) is 3.60. The maximum absolute atomic E-state index is 12.4. The quantitative estimate of drug-likeness (QED) is 0.797. The van der Waals surface area contributed by atoms with Gasteiger partial charge in [-0.3, -0.25) is 4.31 Å². The van der Waals surface area contributed by atoms with E-state index < -0.39 is 33.7 Å². The maximum atomic E-state index is 12.4. The number of carbonyl (C=O) groups excluding carboxylic acids is 1. The molecule has 0 aliphatic heterocycles. The molecular formula is C9H6BrF3NO4S-. The van der Waals surface area contributed by atoms with E-state index in [1.54, 1.807) is 0 Å². The van der Waals surface area contributed by atoms with Crippen LogP contribution in [0.3, 0.4) is 0 Å². The molecule has 0 radical (unpaired) electrons. The van der Waals surface area contributed by atoms with Crippen LogP contribution in [-0.4, -0.2) is 26.4 Å². The highest BCUT2D eigenvalue weighted by molar-refractivity contribution is 9.10. The standard InChI is InChI=1S/C9H7BrF3NO4S/c10-6-1-3-7(4-2-6)14(5-8(15)16)19(17,18)9(11,12)13/h1-4H,5H2,(H,15,16)/p-1. The number of hydrogen-bond donors (Lipinski definition) is 0. The Balaban J connectivity index is 3.31. The van der Waals surface area contributed by atoms with Crippen LogP contribution in [0.4, 0.5) is 18.9 Å². The number of rotatable bonds is 4. The molecule has 0 saturated carbocycles. The van der Waals surface area contributed by atoms with Gasteiger partial charge in [0.2, 0.25) is 0 Å². The molecule has 0 fully saturated rings. The number of carbonyl (C=O) groups is 1. The van der Waals surface area contributed by atoms with E-state index in [9.17, 15) is 31.5 Å². The second-order valence-corrected chi connectivity index (χ2v) is 6.08. The fourth-order valence-corrected chi connectivity index (χ4v) is 2.35. The van der Waals surface area contributed by atoms with Crippen molar-refractivity contribution in [1.82, 2.24) is 0 Å². The van der Waals surface area contributed by atoms with Crippen LogP contribution in [0.15, 0.2) is 28.7 Å². The molecule has 0 saturated heterocycles. The molecule has 0 heterocycles. The van der Waals surface area contributed by atoms with E-state index >= 15 is 0 Å². The van der Waals surface area contributed by atoms with Crippen molar-refractivity contribution in [2.24, 2.45) is 0 Å². The number of carboxylic acids is 1. The Morgan fingerprint density at radius 1 is 1.26 bits per heavy atom. The van der Waals surface area contributed by atoms with Crippen LogP contribution >= 0.6 is 15.9 Å². The maximum Gasteiger partial charge on any atom is 0.516 e. The van der Waals surface area contributed by atoms with Crippen molar-refractivity contribution >= 4 is 37.6 Å². The van der Waals surface area contributed by atoms with Crippen LogP contribution < -0.4 is 9.41 Å². The lowest BCUT2D eigenvalue weighted by atomic mass is 10.3. The number of hydrogen-bond acceptors (Lipinski definition) is 4. The number of anilines is 1. The second-order valence-electron chi connectivity index (χ2n) is 3.31. The molecule has 0 unspecified atom stereocenters. The Morgan fingerprint density at radius 2 is 1.74 bits per heavy atom. The Kier molecular flexibility index (Phi) is 4.46. The van der Waals surface area contributed by atoms with Gasteiger partial charge in [0.25, 0.3) is 0 Å². The third-order valence-electron chi connectivity index (χ3n) is 1.97. The van der Waals surface area contributed by atoms with Gasteiger partial charge in [-0.25, -0.2) is 0 Å². The van der Waals surface area contributed by atoms with Crippen LogP contribution in [-0.2, 0) is 14.8 Å². The largest absolute Gasteiger partial charge is 0.548 e. The van der Waals surface area contributed by atoms with Gasteiger partial charge < -0.3 is 9.90 Å². The molecule has 19 heavy (non-hydrogen) atoms. The number of halogens is 4. The summed E-state index contributed by atoms with van der Waals surface area (Å²) >= 11 is 3.02. The number of carboxylic acid groups (broad SMARTS) is 1. The average molecular weight is 361 g/mol. The number of nitrogens with zero attached hydrogens (tertiary/aromatic N) is 1. The van der Waals surface area contributed by atoms with Crippen molar-refractivity contribution < 1.29 is 31.5 Å². The van der Waals surface area contributed by atoms with Gasteiger partial charge in [0.15, 0.2) is 0 Å². The molecule has 106 valence electrons. The monoisotopic (exact) mass is 360 g/mol. The van der Waals surface area contributed by atoms with Gasteiger partial charge in [-0.1, -0.05) is 15.9 Å². The molecule has 0 aliphatic rings. The summed E-state index contributed by atoms with van der Waals surface area (Å²) in [6, 6.07) is 4.64. The zero-order chi connectivity index (χ0) is 14.8. The lowest BCUT2D eigenvalue weighted by Gasteiger charge is -2.25. The minimum Gasteiger partial charge on any atom is -0.548 e. The van der Waals surface area contributed by atoms with Crippen molar-refractivity contribution in [3.05, 3.63) is 28.7 Å². The van der Waals surface area contributed by atoms with E-state index in [1.807, 2.05) is 0 Å². The first-order valence-corrected chi connectivity index (χ1v) is 6.83. The molecule has 0 spiro atoms. The number of alkyl halides is 3. The van der Waals surface area contributed by atoms with Gasteiger partial charge in [-0.15, -0.1) is 0 Å². The topological polar surface area (TPSA) is 77.5 Å². The molecule has 0 amide bonds.